The Balaban J connectivity index is 1.50. The monoisotopic (exact) mass is 414 g/mol. The van der Waals surface area contributed by atoms with Gasteiger partial charge in [0.15, 0.2) is 5.13 Å². The van der Waals surface area contributed by atoms with Gasteiger partial charge < -0.3 is 15.5 Å². The lowest BCUT2D eigenvalue weighted by Crippen LogP contribution is -2.28. The van der Waals surface area contributed by atoms with E-state index in [1.807, 2.05) is 48.8 Å². The van der Waals surface area contributed by atoms with Gasteiger partial charge in [-0.2, -0.15) is 0 Å². The van der Waals surface area contributed by atoms with Gasteiger partial charge in [0, 0.05) is 30.1 Å². The molecule has 2 aromatic heterocycles. The lowest BCUT2D eigenvalue weighted by atomic mass is 10.3. The summed E-state index contributed by atoms with van der Waals surface area (Å²) in [7, 11) is 3.87. The molecule has 0 spiro atoms. The molecule has 28 heavy (non-hydrogen) atoms. The summed E-state index contributed by atoms with van der Waals surface area (Å²) in [6.45, 7) is 0.363. The van der Waals surface area contributed by atoms with Crippen LogP contribution in [0.1, 0.15) is 5.69 Å². The summed E-state index contributed by atoms with van der Waals surface area (Å²) in [5.41, 5.74) is 2.67. The van der Waals surface area contributed by atoms with Crippen LogP contribution in [-0.4, -0.2) is 36.4 Å². The van der Waals surface area contributed by atoms with Crippen LogP contribution in [-0.2, 0) is 6.54 Å². The van der Waals surface area contributed by atoms with Gasteiger partial charge in [-0.1, -0.05) is 6.07 Å². The second kappa shape index (κ2) is 9.43. The van der Waals surface area contributed by atoms with Crippen LogP contribution in [0.25, 0.3) is 0 Å². The van der Waals surface area contributed by atoms with E-state index < -0.39 is 0 Å². The van der Waals surface area contributed by atoms with Gasteiger partial charge in [-0.15, -0.1) is 23.1 Å². The fraction of sp³-hybridized carbons (Fsp3) is 0.211. The zero-order chi connectivity index (χ0) is 19.9. The lowest BCUT2D eigenvalue weighted by Gasteiger charge is -2.09. The molecule has 9 heteroatoms. The summed E-state index contributed by atoms with van der Waals surface area (Å²) < 4.78 is 0. The average molecular weight is 415 g/mol. The second-order valence-corrected chi connectivity index (χ2v) is 7.83. The van der Waals surface area contributed by atoms with E-state index in [2.05, 4.69) is 38.1 Å². The van der Waals surface area contributed by atoms with Crippen molar-refractivity contribution in [3.63, 3.8) is 0 Å². The SMILES string of the molecule is CSc1cccc(Nc2ccc(NC(=O)NCc3csc(N(C)C)n3)nc2)c1. The first-order valence-electron chi connectivity index (χ1n) is 8.57. The topological polar surface area (TPSA) is 82.2 Å². The Kier molecular flexibility index (Phi) is 6.72. The van der Waals surface area contributed by atoms with Crippen LogP contribution in [0, 0.1) is 0 Å². The molecular weight excluding hydrogens is 392 g/mol. The molecule has 0 saturated heterocycles. The number of nitrogens with one attached hydrogen (secondary N) is 3. The summed E-state index contributed by atoms with van der Waals surface area (Å²) in [4.78, 5) is 23.9. The van der Waals surface area contributed by atoms with E-state index in [-0.39, 0.29) is 6.03 Å². The van der Waals surface area contributed by atoms with Crippen molar-refractivity contribution >= 4 is 51.5 Å². The number of anilines is 4. The van der Waals surface area contributed by atoms with Crippen LogP contribution in [0.15, 0.2) is 52.9 Å². The number of nitrogens with zero attached hydrogens (tertiary/aromatic N) is 3. The lowest BCUT2D eigenvalue weighted by molar-refractivity contribution is 0.251. The molecule has 0 aliphatic carbocycles. The number of pyridine rings is 1. The van der Waals surface area contributed by atoms with Crippen molar-refractivity contribution in [2.24, 2.45) is 0 Å². The molecule has 0 fully saturated rings. The third kappa shape index (κ3) is 5.61. The molecule has 0 radical (unpaired) electrons. The average Bonchev–Trinajstić information content (AvgIpc) is 3.18. The quantitative estimate of drug-likeness (QED) is 0.498. The van der Waals surface area contributed by atoms with Gasteiger partial charge in [0.2, 0.25) is 0 Å². The third-order valence-corrected chi connectivity index (χ3v) is 5.50. The molecule has 0 aliphatic rings. The minimum atomic E-state index is -0.319. The molecule has 0 bridgehead atoms. The summed E-state index contributed by atoms with van der Waals surface area (Å²) in [6.07, 6.45) is 3.73. The van der Waals surface area contributed by atoms with Gasteiger partial charge in [-0.25, -0.2) is 14.8 Å². The van der Waals surface area contributed by atoms with Crippen molar-refractivity contribution < 1.29 is 4.79 Å². The Hall–Kier alpha value is -2.78. The number of hydrogen-bond donors (Lipinski definition) is 3. The number of hydrogen-bond acceptors (Lipinski definition) is 7. The number of carbonyl (C=O) groups excluding carboxylic acids is 1. The van der Waals surface area contributed by atoms with E-state index in [0.29, 0.717) is 12.4 Å². The Morgan fingerprint density at radius 1 is 1.21 bits per heavy atom. The van der Waals surface area contributed by atoms with E-state index in [1.165, 1.54) is 4.90 Å². The highest BCUT2D eigenvalue weighted by Crippen LogP contribution is 2.22. The van der Waals surface area contributed by atoms with Crippen molar-refractivity contribution in [1.82, 2.24) is 15.3 Å². The first-order valence-corrected chi connectivity index (χ1v) is 10.7. The number of thiazole rings is 1. The van der Waals surface area contributed by atoms with Gasteiger partial charge in [0.05, 0.1) is 24.1 Å². The fourth-order valence-electron chi connectivity index (χ4n) is 2.32. The molecule has 2 heterocycles. The van der Waals surface area contributed by atoms with Crippen LogP contribution >= 0.6 is 23.1 Å². The molecule has 0 aliphatic heterocycles. The van der Waals surface area contributed by atoms with E-state index in [1.54, 1.807) is 35.4 Å². The molecule has 3 aromatic rings. The van der Waals surface area contributed by atoms with E-state index in [4.69, 9.17) is 0 Å². The number of thioether (sulfide) groups is 1. The fourth-order valence-corrected chi connectivity index (χ4v) is 3.54. The standard InChI is InChI=1S/C19H22N6OS2/c1-25(2)19-23-15(12-28-19)11-21-18(26)24-17-8-7-14(10-20-17)22-13-5-4-6-16(9-13)27-3/h4-10,12,22H,11H2,1-3H3,(H2,20,21,24,26). The molecular formula is C19H22N6OS2. The Morgan fingerprint density at radius 2 is 2.07 bits per heavy atom. The van der Waals surface area contributed by atoms with E-state index in [0.717, 1.165) is 22.2 Å². The van der Waals surface area contributed by atoms with Gasteiger partial charge in [0.1, 0.15) is 5.82 Å². The maximum absolute atomic E-state index is 12.1. The Morgan fingerprint density at radius 3 is 2.75 bits per heavy atom. The number of amides is 2. The summed E-state index contributed by atoms with van der Waals surface area (Å²) in [5, 5.41) is 11.6. The zero-order valence-electron chi connectivity index (χ0n) is 15.9. The van der Waals surface area contributed by atoms with E-state index in [9.17, 15) is 4.79 Å². The van der Waals surface area contributed by atoms with Gasteiger partial charge in [-0.3, -0.25) is 5.32 Å². The smallest absolute Gasteiger partial charge is 0.320 e. The molecule has 2 amide bonds. The first-order chi connectivity index (χ1) is 13.5. The molecule has 3 rings (SSSR count). The van der Waals surface area contributed by atoms with Crippen LogP contribution < -0.4 is 20.9 Å². The second-order valence-electron chi connectivity index (χ2n) is 6.11. The molecule has 1 aromatic carbocycles. The van der Waals surface area contributed by atoms with Crippen molar-refractivity contribution in [2.75, 3.05) is 35.9 Å². The normalized spacial score (nSPS) is 10.4. The number of carbonyl (C=O) groups is 1. The van der Waals surface area contributed by atoms with Crippen molar-refractivity contribution in [3.8, 4) is 0 Å². The predicted molar refractivity (Wildman–Crippen MR) is 118 cm³/mol. The number of urea groups is 1. The van der Waals surface area contributed by atoms with Gasteiger partial charge in [-0.05, 0) is 36.6 Å². The van der Waals surface area contributed by atoms with Crippen molar-refractivity contribution in [3.05, 3.63) is 53.7 Å². The molecule has 0 unspecified atom stereocenters. The first kappa shape index (κ1) is 20.0. The largest absolute Gasteiger partial charge is 0.354 e. The summed E-state index contributed by atoms with van der Waals surface area (Å²) >= 11 is 3.23. The zero-order valence-corrected chi connectivity index (χ0v) is 17.5. The minimum Gasteiger partial charge on any atom is -0.354 e. The maximum Gasteiger partial charge on any atom is 0.320 e. The minimum absolute atomic E-state index is 0.319. The Labute approximate surface area is 172 Å². The third-order valence-electron chi connectivity index (χ3n) is 3.72. The molecule has 3 N–H and O–H groups in total. The molecule has 146 valence electrons. The highest BCUT2D eigenvalue weighted by atomic mass is 32.2. The van der Waals surface area contributed by atoms with Crippen LogP contribution in [0.4, 0.5) is 27.1 Å². The highest BCUT2D eigenvalue weighted by molar-refractivity contribution is 7.98. The number of benzene rings is 1. The highest BCUT2D eigenvalue weighted by Gasteiger charge is 2.07. The number of aromatic nitrogens is 2. The predicted octanol–water partition coefficient (Wildman–Crippen LogP) is 4.39. The van der Waals surface area contributed by atoms with Crippen molar-refractivity contribution in [2.45, 2.75) is 11.4 Å². The number of rotatable bonds is 7. The van der Waals surface area contributed by atoms with Gasteiger partial charge >= 0.3 is 6.03 Å². The molecule has 0 saturated carbocycles. The van der Waals surface area contributed by atoms with E-state index >= 15 is 0 Å². The molecule has 7 nitrogen and oxygen atoms in total. The van der Waals surface area contributed by atoms with Crippen molar-refractivity contribution in [1.29, 1.82) is 0 Å². The van der Waals surface area contributed by atoms with Crippen LogP contribution in [0.5, 0.6) is 0 Å². The van der Waals surface area contributed by atoms with Crippen LogP contribution in [0.2, 0.25) is 0 Å². The summed E-state index contributed by atoms with van der Waals surface area (Å²) in [6, 6.07) is 11.5. The summed E-state index contributed by atoms with van der Waals surface area (Å²) in [5.74, 6) is 0.480. The Bertz CT molecular complexity index is 926. The molecule has 0 atom stereocenters. The van der Waals surface area contributed by atoms with Gasteiger partial charge in [0.25, 0.3) is 0 Å². The van der Waals surface area contributed by atoms with Crippen LogP contribution in [0.3, 0.4) is 0 Å². The maximum atomic E-state index is 12.1.